The highest BCUT2D eigenvalue weighted by Gasteiger charge is 2.15. The molecular weight excluding hydrogens is 390 g/mol. The molecule has 0 aliphatic heterocycles. The quantitative estimate of drug-likeness (QED) is 0.342. The van der Waals surface area contributed by atoms with E-state index in [1.165, 1.54) is 0 Å². The third-order valence-corrected chi connectivity index (χ3v) is 5.48. The summed E-state index contributed by atoms with van der Waals surface area (Å²) in [7, 11) is 0. The van der Waals surface area contributed by atoms with Crippen LogP contribution in [0.1, 0.15) is 29.2 Å². The number of amides is 1. The van der Waals surface area contributed by atoms with Crippen molar-refractivity contribution in [3.05, 3.63) is 118 Å². The Balaban J connectivity index is 1.88. The Hall–Kier alpha value is -3.36. The SMILES string of the molecule is C/C(=C(\C=C/C1C=C1)c1ccc2c(c1)/C(C(N)=O)=C\C=C\C=C2)c1cccc(Cl)c1. The number of fused-ring (bicyclic) bond motifs is 1. The molecule has 0 spiro atoms. The van der Waals surface area contributed by atoms with Crippen LogP contribution in [-0.2, 0) is 4.79 Å². The molecule has 2 N–H and O–H groups in total. The van der Waals surface area contributed by atoms with Crippen molar-refractivity contribution in [3.63, 3.8) is 0 Å². The number of rotatable bonds is 5. The highest BCUT2D eigenvalue weighted by Crippen LogP contribution is 2.33. The molecule has 0 radical (unpaired) electrons. The van der Waals surface area contributed by atoms with Crippen molar-refractivity contribution < 1.29 is 4.79 Å². The second kappa shape index (κ2) is 8.56. The number of hydrogen-bond acceptors (Lipinski definition) is 1. The zero-order chi connectivity index (χ0) is 21.1. The molecule has 0 saturated carbocycles. The lowest BCUT2D eigenvalue weighted by Crippen LogP contribution is -2.14. The van der Waals surface area contributed by atoms with E-state index < -0.39 is 5.91 Å². The molecule has 1 amide bonds. The minimum Gasteiger partial charge on any atom is -0.366 e. The Bertz CT molecular complexity index is 1190. The molecule has 0 fully saturated rings. The van der Waals surface area contributed by atoms with Crippen LogP contribution in [0.15, 0.2) is 91.1 Å². The number of hydrogen-bond donors (Lipinski definition) is 1. The number of carbonyl (C=O) groups is 1. The Morgan fingerprint density at radius 2 is 1.87 bits per heavy atom. The van der Waals surface area contributed by atoms with Crippen molar-refractivity contribution in [2.24, 2.45) is 11.7 Å². The van der Waals surface area contributed by atoms with Crippen LogP contribution >= 0.6 is 11.6 Å². The molecule has 0 saturated heterocycles. The van der Waals surface area contributed by atoms with Gasteiger partial charge >= 0.3 is 0 Å². The molecule has 0 aromatic heterocycles. The minimum absolute atomic E-state index is 0.408. The first-order valence-corrected chi connectivity index (χ1v) is 10.2. The van der Waals surface area contributed by atoms with Gasteiger partial charge in [0.1, 0.15) is 0 Å². The maximum absolute atomic E-state index is 12.1. The fraction of sp³-hybridized carbons (Fsp3) is 0.0741. The second-order valence-corrected chi connectivity index (χ2v) is 7.80. The summed E-state index contributed by atoms with van der Waals surface area (Å²) in [6.07, 6.45) is 18.1. The van der Waals surface area contributed by atoms with E-state index in [2.05, 4.69) is 43.4 Å². The van der Waals surface area contributed by atoms with Gasteiger partial charge in [-0.2, -0.15) is 0 Å². The van der Waals surface area contributed by atoms with Crippen LogP contribution in [0, 0.1) is 5.92 Å². The van der Waals surface area contributed by atoms with Gasteiger partial charge < -0.3 is 5.73 Å². The molecular formula is C27H22ClNO. The summed E-state index contributed by atoms with van der Waals surface area (Å²) in [5.74, 6) is -0.0335. The number of halogens is 1. The molecule has 2 aromatic carbocycles. The monoisotopic (exact) mass is 411 g/mol. The summed E-state index contributed by atoms with van der Waals surface area (Å²) in [6, 6.07) is 14.0. The predicted molar refractivity (Wildman–Crippen MR) is 127 cm³/mol. The van der Waals surface area contributed by atoms with E-state index in [-0.39, 0.29) is 0 Å². The molecule has 30 heavy (non-hydrogen) atoms. The minimum atomic E-state index is -0.442. The highest BCUT2D eigenvalue weighted by molar-refractivity contribution is 6.30. The summed E-state index contributed by atoms with van der Waals surface area (Å²) in [6.45, 7) is 2.09. The lowest BCUT2D eigenvalue weighted by atomic mass is 9.89. The number of nitrogens with two attached hydrogens (primary N) is 1. The van der Waals surface area contributed by atoms with Crippen molar-refractivity contribution in [1.29, 1.82) is 0 Å². The van der Waals surface area contributed by atoms with E-state index in [0.717, 1.165) is 33.4 Å². The van der Waals surface area contributed by atoms with Crippen molar-refractivity contribution in [2.45, 2.75) is 6.92 Å². The van der Waals surface area contributed by atoms with Gasteiger partial charge in [0.2, 0.25) is 5.91 Å². The Labute approximate surface area is 182 Å². The molecule has 0 atom stereocenters. The average Bonchev–Trinajstić information content (AvgIpc) is 3.53. The van der Waals surface area contributed by atoms with Crippen molar-refractivity contribution in [3.8, 4) is 0 Å². The standard InChI is InChI=1S/C27H22ClNO/c1-18(21-7-5-8-23(28)16-21)24(15-12-19-10-11-19)22-14-13-20-6-3-2-4-9-25(27(29)30)26(20)17-22/h2-17,19H,1H3,(H2,29,30)/b3-2?,4-2+,6-3?,9-4?,15-12-,20-6?,24-18-,25-9+,26-25?. The Kier molecular flexibility index (Phi) is 5.69. The van der Waals surface area contributed by atoms with E-state index in [9.17, 15) is 4.79 Å². The number of primary amides is 1. The van der Waals surface area contributed by atoms with Crippen LogP contribution < -0.4 is 5.73 Å². The van der Waals surface area contributed by atoms with Gasteiger partial charge in [0.15, 0.2) is 0 Å². The molecule has 3 heteroatoms. The molecule has 4 rings (SSSR count). The van der Waals surface area contributed by atoms with E-state index in [0.29, 0.717) is 16.5 Å². The molecule has 148 valence electrons. The largest absolute Gasteiger partial charge is 0.366 e. The molecule has 0 unspecified atom stereocenters. The van der Waals surface area contributed by atoms with Gasteiger partial charge in [0.25, 0.3) is 0 Å². The van der Waals surface area contributed by atoms with Crippen LogP contribution in [0.4, 0.5) is 0 Å². The summed E-state index contributed by atoms with van der Waals surface area (Å²) in [5.41, 5.74) is 12.3. The van der Waals surface area contributed by atoms with Crippen molar-refractivity contribution >= 4 is 40.3 Å². The normalized spacial score (nSPS) is 18.8. The number of benzene rings is 2. The fourth-order valence-electron chi connectivity index (χ4n) is 3.50. The van der Waals surface area contributed by atoms with Crippen LogP contribution in [0.5, 0.6) is 0 Å². The summed E-state index contributed by atoms with van der Waals surface area (Å²) in [5, 5.41) is 0.702. The number of carbonyl (C=O) groups excluding carboxylic acids is 1. The lowest BCUT2D eigenvalue weighted by Gasteiger charge is -2.15. The molecule has 0 bridgehead atoms. The van der Waals surface area contributed by atoms with Crippen LogP contribution in [-0.4, -0.2) is 5.91 Å². The van der Waals surface area contributed by atoms with Gasteiger partial charge in [0, 0.05) is 16.5 Å². The van der Waals surface area contributed by atoms with Crippen LogP contribution in [0.3, 0.4) is 0 Å². The molecule has 0 heterocycles. The van der Waals surface area contributed by atoms with Gasteiger partial charge in [-0.1, -0.05) is 84.5 Å². The first kappa shape index (κ1) is 19.9. The first-order chi connectivity index (χ1) is 14.5. The van der Waals surface area contributed by atoms with Crippen molar-refractivity contribution in [1.82, 2.24) is 0 Å². The van der Waals surface area contributed by atoms with E-state index in [1.807, 2.05) is 54.6 Å². The van der Waals surface area contributed by atoms with Gasteiger partial charge in [0.05, 0.1) is 0 Å². The fourth-order valence-corrected chi connectivity index (χ4v) is 3.69. The topological polar surface area (TPSA) is 43.1 Å². The third kappa shape index (κ3) is 4.45. The third-order valence-electron chi connectivity index (χ3n) is 5.24. The number of allylic oxidation sites excluding steroid dienone is 10. The van der Waals surface area contributed by atoms with Gasteiger partial charge in [-0.05, 0) is 64.6 Å². The van der Waals surface area contributed by atoms with Gasteiger partial charge in [-0.15, -0.1) is 0 Å². The average molecular weight is 412 g/mol. The van der Waals surface area contributed by atoms with E-state index >= 15 is 0 Å². The molecule has 2 aromatic rings. The van der Waals surface area contributed by atoms with Crippen molar-refractivity contribution in [2.75, 3.05) is 0 Å². The lowest BCUT2D eigenvalue weighted by molar-refractivity contribution is -0.112. The Morgan fingerprint density at radius 1 is 1.03 bits per heavy atom. The Morgan fingerprint density at radius 3 is 2.60 bits per heavy atom. The summed E-state index contributed by atoms with van der Waals surface area (Å²) >= 11 is 6.24. The van der Waals surface area contributed by atoms with E-state index in [4.69, 9.17) is 17.3 Å². The van der Waals surface area contributed by atoms with Crippen LogP contribution in [0.25, 0.3) is 22.8 Å². The molecule has 2 aliphatic rings. The maximum Gasteiger partial charge on any atom is 0.249 e. The van der Waals surface area contributed by atoms with Crippen LogP contribution in [0.2, 0.25) is 5.02 Å². The maximum atomic E-state index is 12.1. The summed E-state index contributed by atoms with van der Waals surface area (Å²) < 4.78 is 0. The zero-order valence-electron chi connectivity index (χ0n) is 16.7. The van der Waals surface area contributed by atoms with Gasteiger partial charge in [-0.25, -0.2) is 0 Å². The highest BCUT2D eigenvalue weighted by atomic mass is 35.5. The van der Waals surface area contributed by atoms with Gasteiger partial charge in [-0.3, -0.25) is 4.79 Å². The first-order valence-electron chi connectivity index (χ1n) is 9.86. The molecule has 2 nitrogen and oxygen atoms in total. The summed E-state index contributed by atoms with van der Waals surface area (Å²) in [4.78, 5) is 12.1. The second-order valence-electron chi connectivity index (χ2n) is 7.36. The predicted octanol–water partition coefficient (Wildman–Crippen LogP) is 6.46. The van der Waals surface area contributed by atoms with E-state index in [1.54, 1.807) is 6.08 Å². The smallest absolute Gasteiger partial charge is 0.249 e. The molecule has 2 aliphatic carbocycles. The zero-order valence-corrected chi connectivity index (χ0v) is 17.4.